The molecule has 3 rings (SSSR count). The highest BCUT2D eigenvalue weighted by Crippen LogP contribution is 2.44. The molecule has 2 aliphatic heterocycles. The normalized spacial score (nSPS) is 32.5. The molecule has 19 heavy (non-hydrogen) atoms. The molecule has 0 bridgehead atoms. The van der Waals surface area contributed by atoms with Gasteiger partial charge in [-0.25, -0.2) is 0 Å². The van der Waals surface area contributed by atoms with Gasteiger partial charge in [0, 0.05) is 6.04 Å². The first kappa shape index (κ1) is 13.9. The fraction of sp³-hybridized carbons (Fsp3) is 1.00. The Balaban J connectivity index is 1.37. The minimum atomic E-state index is 0.776. The van der Waals surface area contributed by atoms with Crippen molar-refractivity contribution in [1.29, 1.82) is 0 Å². The zero-order valence-electron chi connectivity index (χ0n) is 12.6. The van der Waals surface area contributed by atoms with E-state index in [1.165, 1.54) is 96.8 Å². The first-order valence-corrected chi connectivity index (χ1v) is 8.82. The number of hydrogen-bond donors (Lipinski definition) is 1. The van der Waals surface area contributed by atoms with Crippen LogP contribution < -0.4 is 5.32 Å². The van der Waals surface area contributed by atoms with Crippen LogP contribution in [0.1, 0.15) is 70.6 Å². The van der Waals surface area contributed by atoms with E-state index in [2.05, 4.69) is 10.2 Å². The van der Waals surface area contributed by atoms with Crippen LogP contribution in [0.2, 0.25) is 0 Å². The second kappa shape index (κ2) is 6.58. The van der Waals surface area contributed by atoms with Gasteiger partial charge in [0.1, 0.15) is 0 Å². The van der Waals surface area contributed by atoms with Crippen LogP contribution in [0.5, 0.6) is 0 Å². The SMILES string of the molecule is C1CCC2(CC1)CCN(CCC1CCCCN1)CC2. The summed E-state index contributed by atoms with van der Waals surface area (Å²) < 4.78 is 0. The molecule has 2 heteroatoms. The molecule has 3 fully saturated rings. The predicted octanol–water partition coefficient (Wildman–Crippen LogP) is 3.56. The molecule has 1 spiro atoms. The summed E-state index contributed by atoms with van der Waals surface area (Å²) in [5.41, 5.74) is 0.776. The zero-order chi connectivity index (χ0) is 13.0. The van der Waals surface area contributed by atoms with Crippen LogP contribution in [0.4, 0.5) is 0 Å². The third kappa shape index (κ3) is 3.72. The smallest absolute Gasteiger partial charge is 0.00792 e. The molecule has 0 amide bonds. The summed E-state index contributed by atoms with van der Waals surface area (Å²) in [7, 11) is 0. The van der Waals surface area contributed by atoms with Crippen molar-refractivity contribution in [2.45, 2.75) is 76.7 Å². The highest BCUT2D eigenvalue weighted by atomic mass is 15.1. The number of rotatable bonds is 3. The van der Waals surface area contributed by atoms with E-state index in [0.717, 1.165) is 11.5 Å². The van der Waals surface area contributed by atoms with Crippen molar-refractivity contribution < 1.29 is 0 Å². The topological polar surface area (TPSA) is 15.3 Å². The molecular formula is C17H32N2. The highest BCUT2D eigenvalue weighted by molar-refractivity contribution is 4.88. The van der Waals surface area contributed by atoms with E-state index in [9.17, 15) is 0 Å². The molecule has 0 radical (unpaired) electrons. The summed E-state index contributed by atoms with van der Waals surface area (Å²) in [5.74, 6) is 0. The van der Waals surface area contributed by atoms with Gasteiger partial charge in [-0.05, 0) is 76.5 Å². The van der Waals surface area contributed by atoms with Crippen molar-refractivity contribution in [3.63, 3.8) is 0 Å². The van der Waals surface area contributed by atoms with E-state index in [1.54, 1.807) is 0 Å². The molecule has 110 valence electrons. The summed E-state index contributed by atoms with van der Waals surface area (Å²) in [6.45, 7) is 5.36. The lowest BCUT2D eigenvalue weighted by molar-refractivity contribution is 0.0653. The Morgan fingerprint density at radius 2 is 1.68 bits per heavy atom. The molecule has 1 atom stereocenters. The number of nitrogens with one attached hydrogen (secondary N) is 1. The molecule has 3 aliphatic rings. The van der Waals surface area contributed by atoms with Gasteiger partial charge in [-0.2, -0.15) is 0 Å². The summed E-state index contributed by atoms with van der Waals surface area (Å²) >= 11 is 0. The molecular weight excluding hydrogens is 232 g/mol. The number of nitrogens with zero attached hydrogens (tertiary/aromatic N) is 1. The Bertz CT molecular complexity index is 252. The van der Waals surface area contributed by atoms with Crippen LogP contribution in [-0.4, -0.2) is 37.1 Å². The number of hydrogen-bond acceptors (Lipinski definition) is 2. The maximum absolute atomic E-state index is 3.69. The molecule has 2 nitrogen and oxygen atoms in total. The minimum absolute atomic E-state index is 0.776. The third-order valence-corrected chi connectivity index (χ3v) is 6.04. The van der Waals surface area contributed by atoms with E-state index in [-0.39, 0.29) is 0 Å². The van der Waals surface area contributed by atoms with E-state index in [1.807, 2.05) is 0 Å². The second-order valence-corrected chi connectivity index (χ2v) is 7.34. The summed E-state index contributed by atoms with van der Waals surface area (Å²) in [6, 6.07) is 0.819. The van der Waals surface area contributed by atoms with Crippen molar-refractivity contribution in [1.82, 2.24) is 10.2 Å². The van der Waals surface area contributed by atoms with Gasteiger partial charge < -0.3 is 10.2 Å². The highest BCUT2D eigenvalue weighted by Gasteiger charge is 2.35. The van der Waals surface area contributed by atoms with Gasteiger partial charge in [0.25, 0.3) is 0 Å². The van der Waals surface area contributed by atoms with Crippen molar-refractivity contribution in [3.05, 3.63) is 0 Å². The van der Waals surface area contributed by atoms with Crippen LogP contribution >= 0.6 is 0 Å². The lowest BCUT2D eigenvalue weighted by Gasteiger charge is -2.44. The van der Waals surface area contributed by atoms with Crippen LogP contribution in [0.3, 0.4) is 0 Å². The fourth-order valence-electron chi connectivity index (χ4n) is 4.56. The van der Waals surface area contributed by atoms with Gasteiger partial charge in [0.05, 0.1) is 0 Å². The van der Waals surface area contributed by atoms with Crippen molar-refractivity contribution in [2.24, 2.45) is 5.41 Å². The van der Waals surface area contributed by atoms with Gasteiger partial charge in [-0.3, -0.25) is 0 Å². The Morgan fingerprint density at radius 3 is 2.37 bits per heavy atom. The summed E-state index contributed by atoms with van der Waals surface area (Å²) in [6.07, 6.45) is 16.2. The zero-order valence-corrected chi connectivity index (χ0v) is 12.6. The predicted molar refractivity (Wildman–Crippen MR) is 81.5 cm³/mol. The minimum Gasteiger partial charge on any atom is -0.314 e. The monoisotopic (exact) mass is 264 g/mol. The van der Waals surface area contributed by atoms with E-state index < -0.39 is 0 Å². The van der Waals surface area contributed by atoms with Crippen LogP contribution in [-0.2, 0) is 0 Å². The lowest BCUT2D eigenvalue weighted by atomic mass is 9.68. The first-order valence-electron chi connectivity index (χ1n) is 8.82. The van der Waals surface area contributed by atoms with Crippen molar-refractivity contribution >= 4 is 0 Å². The Kier molecular flexibility index (Phi) is 4.81. The van der Waals surface area contributed by atoms with Gasteiger partial charge >= 0.3 is 0 Å². The van der Waals surface area contributed by atoms with E-state index in [4.69, 9.17) is 0 Å². The number of likely N-dealkylation sites (tertiary alicyclic amines) is 1. The summed E-state index contributed by atoms with van der Waals surface area (Å²) in [4.78, 5) is 2.75. The van der Waals surface area contributed by atoms with E-state index in [0.29, 0.717) is 0 Å². The Morgan fingerprint density at radius 1 is 0.895 bits per heavy atom. The van der Waals surface area contributed by atoms with Crippen molar-refractivity contribution in [2.75, 3.05) is 26.2 Å². The molecule has 1 N–H and O–H groups in total. The average Bonchev–Trinajstić information content (AvgIpc) is 2.49. The molecule has 0 aromatic carbocycles. The largest absolute Gasteiger partial charge is 0.314 e. The maximum atomic E-state index is 3.69. The standard InChI is InChI=1S/C17H32N2/c1-3-8-17(9-4-1)10-14-19(15-11-17)13-7-16-6-2-5-12-18-16/h16,18H,1-15H2. The van der Waals surface area contributed by atoms with Crippen LogP contribution in [0.25, 0.3) is 0 Å². The molecule has 1 unspecified atom stereocenters. The lowest BCUT2D eigenvalue weighted by Crippen LogP contribution is -2.43. The van der Waals surface area contributed by atoms with Crippen LogP contribution in [0.15, 0.2) is 0 Å². The Labute approximate surface area is 119 Å². The molecule has 0 aromatic rings. The van der Waals surface area contributed by atoms with Gasteiger partial charge in [0.15, 0.2) is 0 Å². The van der Waals surface area contributed by atoms with Gasteiger partial charge in [0.2, 0.25) is 0 Å². The number of piperidine rings is 2. The molecule has 1 saturated carbocycles. The molecule has 2 heterocycles. The average molecular weight is 264 g/mol. The van der Waals surface area contributed by atoms with Crippen molar-refractivity contribution in [3.8, 4) is 0 Å². The fourth-order valence-corrected chi connectivity index (χ4v) is 4.56. The molecule has 0 aromatic heterocycles. The summed E-state index contributed by atoms with van der Waals surface area (Å²) in [5, 5.41) is 3.69. The first-order chi connectivity index (χ1) is 9.36. The maximum Gasteiger partial charge on any atom is 0.00792 e. The van der Waals surface area contributed by atoms with Gasteiger partial charge in [-0.15, -0.1) is 0 Å². The second-order valence-electron chi connectivity index (χ2n) is 7.34. The Hall–Kier alpha value is -0.0800. The van der Waals surface area contributed by atoms with Gasteiger partial charge in [-0.1, -0.05) is 25.7 Å². The quantitative estimate of drug-likeness (QED) is 0.838. The third-order valence-electron chi connectivity index (χ3n) is 6.04. The van der Waals surface area contributed by atoms with E-state index >= 15 is 0 Å². The van der Waals surface area contributed by atoms with Crippen LogP contribution in [0, 0.1) is 5.41 Å². The molecule has 2 saturated heterocycles. The molecule has 1 aliphatic carbocycles.